The smallest absolute Gasteiger partial charge is 0.242 e. The van der Waals surface area contributed by atoms with Gasteiger partial charge in [-0.3, -0.25) is 4.79 Å². The van der Waals surface area contributed by atoms with E-state index >= 15 is 0 Å². The lowest BCUT2D eigenvalue weighted by atomic mass is 9.84. The van der Waals surface area contributed by atoms with E-state index in [1.54, 1.807) is 0 Å². The minimum atomic E-state index is -0.238. The number of amides is 1. The van der Waals surface area contributed by atoms with Gasteiger partial charge in [0.25, 0.3) is 0 Å². The van der Waals surface area contributed by atoms with Crippen molar-refractivity contribution in [3.8, 4) is 0 Å². The van der Waals surface area contributed by atoms with Crippen LogP contribution in [0.15, 0.2) is 0 Å². The first-order chi connectivity index (χ1) is 7.68. The third-order valence-electron chi connectivity index (χ3n) is 4.36. The molecule has 0 radical (unpaired) electrons. The van der Waals surface area contributed by atoms with E-state index in [0.717, 1.165) is 38.3 Å². The van der Waals surface area contributed by atoms with Crippen LogP contribution in [0.2, 0.25) is 0 Å². The minimum Gasteiger partial charge on any atom is -0.344 e. The molecule has 0 bridgehead atoms. The van der Waals surface area contributed by atoms with Gasteiger partial charge in [0.05, 0.1) is 5.54 Å². The molecule has 1 aliphatic heterocycles. The lowest BCUT2D eigenvalue weighted by Gasteiger charge is -2.36. The first kappa shape index (κ1) is 14.8. The van der Waals surface area contributed by atoms with Crippen molar-refractivity contribution >= 4 is 18.3 Å². The van der Waals surface area contributed by atoms with Crippen LogP contribution in [0.4, 0.5) is 0 Å². The van der Waals surface area contributed by atoms with Crippen LogP contribution in [0.5, 0.6) is 0 Å². The summed E-state index contributed by atoms with van der Waals surface area (Å²) in [6, 6.07) is 0. The molecule has 100 valence electrons. The maximum absolute atomic E-state index is 12.4. The first-order valence-electron chi connectivity index (χ1n) is 6.68. The van der Waals surface area contributed by atoms with Crippen molar-refractivity contribution in [1.29, 1.82) is 0 Å². The van der Waals surface area contributed by atoms with E-state index in [0.29, 0.717) is 5.91 Å². The molecule has 1 heterocycles. The molecule has 0 aromatic heterocycles. The molecule has 0 aromatic rings. The summed E-state index contributed by atoms with van der Waals surface area (Å²) in [5.41, 5.74) is -0.238. The van der Waals surface area contributed by atoms with Gasteiger partial charge in [0, 0.05) is 13.6 Å². The Labute approximate surface area is 111 Å². The normalized spacial score (nSPS) is 28.4. The Bertz CT molecular complexity index is 260. The summed E-state index contributed by atoms with van der Waals surface area (Å²) in [4.78, 5) is 14.4. The molecule has 1 aliphatic carbocycles. The topological polar surface area (TPSA) is 32.3 Å². The number of nitrogens with zero attached hydrogens (tertiary/aromatic N) is 1. The van der Waals surface area contributed by atoms with Crippen molar-refractivity contribution in [3.05, 3.63) is 0 Å². The van der Waals surface area contributed by atoms with Crippen molar-refractivity contribution in [1.82, 2.24) is 10.2 Å². The Kier molecular flexibility index (Phi) is 5.26. The van der Waals surface area contributed by atoms with E-state index in [4.69, 9.17) is 0 Å². The van der Waals surface area contributed by atoms with Crippen molar-refractivity contribution in [2.75, 3.05) is 20.1 Å². The first-order valence-corrected chi connectivity index (χ1v) is 6.68. The molecular weight excluding hydrogens is 236 g/mol. The molecule has 1 saturated heterocycles. The lowest BCUT2D eigenvalue weighted by molar-refractivity contribution is -0.137. The number of likely N-dealkylation sites (N-methyl/N-ethyl adjacent to an activating group) is 1. The number of hydrogen-bond donors (Lipinski definition) is 1. The van der Waals surface area contributed by atoms with E-state index < -0.39 is 0 Å². The molecule has 4 heteroatoms. The molecule has 0 spiro atoms. The molecule has 2 rings (SSSR count). The Morgan fingerprint density at radius 2 is 2.12 bits per heavy atom. The van der Waals surface area contributed by atoms with Gasteiger partial charge in [-0.25, -0.2) is 0 Å². The van der Waals surface area contributed by atoms with Crippen LogP contribution in [0.3, 0.4) is 0 Å². The molecule has 1 N–H and O–H groups in total. The van der Waals surface area contributed by atoms with Gasteiger partial charge in [0.2, 0.25) is 5.91 Å². The van der Waals surface area contributed by atoms with Crippen molar-refractivity contribution < 1.29 is 4.79 Å². The number of hydrogen-bond acceptors (Lipinski definition) is 2. The molecule has 1 amide bonds. The predicted molar refractivity (Wildman–Crippen MR) is 72.5 cm³/mol. The lowest BCUT2D eigenvalue weighted by Crippen LogP contribution is -2.54. The monoisotopic (exact) mass is 260 g/mol. The van der Waals surface area contributed by atoms with Gasteiger partial charge in [0.1, 0.15) is 0 Å². The molecule has 2 fully saturated rings. The predicted octanol–water partition coefficient (Wildman–Crippen LogP) is 2.20. The van der Waals surface area contributed by atoms with Crippen LogP contribution < -0.4 is 5.32 Å². The van der Waals surface area contributed by atoms with Crippen molar-refractivity contribution in [2.24, 2.45) is 5.92 Å². The number of nitrogens with one attached hydrogen (secondary N) is 1. The van der Waals surface area contributed by atoms with Crippen molar-refractivity contribution in [3.63, 3.8) is 0 Å². The highest BCUT2D eigenvalue weighted by Gasteiger charge is 2.41. The summed E-state index contributed by atoms with van der Waals surface area (Å²) in [7, 11) is 1.97. The van der Waals surface area contributed by atoms with Crippen molar-refractivity contribution in [2.45, 2.75) is 51.0 Å². The van der Waals surface area contributed by atoms with Crippen LogP contribution in [-0.4, -0.2) is 36.5 Å². The fraction of sp³-hybridized carbons (Fsp3) is 0.923. The Morgan fingerprint density at radius 3 is 2.53 bits per heavy atom. The summed E-state index contributed by atoms with van der Waals surface area (Å²) >= 11 is 0. The largest absolute Gasteiger partial charge is 0.344 e. The molecule has 1 atom stereocenters. The van der Waals surface area contributed by atoms with E-state index in [9.17, 15) is 4.79 Å². The van der Waals surface area contributed by atoms with Gasteiger partial charge in [-0.2, -0.15) is 0 Å². The molecule has 1 unspecified atom stereocenters. The van der Waals surface area contributed by atoms with E-state index in [1.807, 2.05) is 11.9 Å². The van der Waals surface area contributed by atoms with Crippen LogP contribution in [-0.2, 0) is 4.79 Å². The SMILES string of the molecule is CCC1(C(=O)N(C)CC2CCC2)CCCN1.Cl. The summed E-state index contributed by atoms with van der Waals surface area (Å²) < 4.78 is 0. The van der Waals surface area contributed by atoms with Gasteiger partial charge < -0.3 is 10.2 Å². The summed E-state index contributed by atoms with van der Waals surface area (Å²) in [6.07, 6.45) is 7.03. The molecule has 2 aliphatic rings. The zero-order valence-electron chi connectivity index (χ0n) is 11.0. The van der Waals surface area contributed by atoms with Gasteiger partial charge in [-0.05, 0) is 44.6 Å². The van der Waals surface area contributed by atoms with Gasteiger partial charge >= 0.3 is 0 Å². The maximum Gasteiger partial charge on any atom is 0.242 e. The highest BCUT2D eigenvalue weighted by molar-refractivity contribution is 5.86. The number of rotatable bonds is 4. The zero-order valence-corrected chi connectivity index (χ0v) is 11.8. The van der Waals surface area contributed by atoms with Crippen LogP contribution in [0.1, 0.15) is 45.4 Å². The Morgan fingerprint density at radius 1 is 1.41 bits per heavy atom. The Hall–Kier alpha value is -0.280. The zero-order chi connectivity index (χ0) is 11.6. The van der Waals surface area contributed by atoms with Crippen LogP contribution >= 0.6 is 12.4 Å². The fourth-order valence-electron chi connectivity index (χ4n) is 2.95. The van der Waals surface area contributed by atoms with Crippen LogP contribution in [0, 0.1) is 5.92 Å². The third kappa shape index (κ3) is 2.94. The molecule has 3 nitrogen and oxygen atoms in total. The summed E-state index contributed by atoms with van der Waals surface area (Å²) in [5, 5.41) is 3.42. The number of carbonyl (C=O) groups is 1. The average Bonchev–Trinajstić information content (AvgIpc) is 2.71. The van der Waals surface area contributed by atoms with Gasteiger partial charge in [-0.1, -0.05) is 13.3 Å². The van der Waals surface area contributed by atoms with Gasteiger partial charge in [-0.15, -0.1) is 12.4 Å². The standard InChI is InChI=1S/C13H24N2O.ClH/c1-3-13(8-5-9-14-13)12(16)15(2)10-11-6-4-7-11;/h11,14H,3-10H2,1-2H3;1H. The fourth-order valence-corrected chi connectivity index (χ4v) is 2.95. The second-order valence-corrected chi connectivity index (χ2v) is 5.45. The van der Waals surface area contributed by atoms with E-state index in [-0.39, 0.29) is 17.9 Å². The highest BCUT2D eigenvalue weighted by Crippen LogP contribution is 2.29. The van der Waals surface area contributed by atoms with Crippen LogP contribution in [0.25, 0.3) is 0 Å². The number of halogens is 1. The average molecular weight is 261 g/mol. The highest BCUT2D eigenvalue weighted by atomic mass is 35.5. The quantitative estimate of drug-likeness (QED) is 0.841. The Balaban J connectivity index is 0.00000144. The number of carbonyl (C=O) groups excluding carboxylic acids is 1. The second kappa shape index (κ2) is 6.05. The molecule has 17 heavy (non-hydrogen) atoms. The molecule has 0 aromatic carbocycles. The molecule has 1 saturated carbocycles. The van der Waals surface area contributed by atoms with Gasteiger partial charge in [0.15, 0.2) is 0 Å². The van der Waals surface area contributed by atoms with E-state index in [2.05, 4.69) is 12.2 Å². The summed E-state index contributed by atoms with van der Waals surface area (Å²) in [6.45, 7) is 4.08. The summed E-state index contributed by atoms with van der Waals surface area (Å²) in [5.74, 6) is 1.09. The third-order valence-corrected chi connectivity index (χ3v) is 4.36. The second-order valence-electron chi connectivity index (χ2n) is 5.45. The van der Waals surface area contributed by atoms with E-state index in [1.165, 1.54) is 19.3 Å². The maximum atomic E-state index is 12.4. The minimum absolute atomic E-state index is 0. The molecular formula is C13H25ClN2O.